The molecule has 2 N–H and O–H groups in total. The lowest BCUT2D eigenvalue weighted by Crippen LogP contribution is -2.42. The highest BCUT2D eigenvalue weighted by Gasteiger charge is 2.26. The number of amides is 1. The van der Waals surface area contributed by atoms with E-state index in [0.717, 1.165) is 25.1 Å². The highest BCUT2D eigenvalue weighted by Crippen LogP contribution is 2.29. The lowest BCUT2D eigenvalue weighted by Gasteiger charge is -2.32. The topological polar surface area (TPSA) is 87.5 Å². The Morgan fingerprint density at radius 2 is 2.04 bits per heavy atom. The number of piperidine rings is 1. The van der Waals surface area contributed by atoms with E-state index in [0.29, 0.717) is 30.3 Å². The summed E-state index contributed by atoms with van der Waals surface area (Å²) >= 11 is 0. The average Bonchev–Trinajstić information content (AvgIpc) is 2.69. The summed E-state index contributed by atoms with van der Waals surface area (Å²) in [7, 11) is 1.91. The number of nitrogens with zero attached hydrogens (tertiary/aromatic N) is 2. The van der Waals surface area contributed by atoms with Crippen molar-refractivity contribution in [3.8, 4) is 0 Å². The van der Waals surface area contributed by atoms with E-state index in [1.807, 2.05) is 37.4 Å². The SMILES string of the molecule is CNCC1CCCN(C(=O)c2ccc(Nc3ccccc3)c([N+](=O)[O-])c2)C1. The van der Waals surface area contributed by atoms with Gasteiger partial charge < -0.3 is 15.5 Å². The third-order valence-electron chi connectivity index (χ3n) is 4.79. The summed E-state index contributed by atoms with van der Waals surface area (Å²) in [4.78, 5) is 25.7. The van der Waals surface area contributed by atoms with E-state index in [1.165, 1.54) is 6.07 Å². The van der Waals surface area contributed by atoms with Crippen molar-refractivity contribution in [3.05, 3.63) is 64.2 Å². The zero-order chi connectivity index (χ0) is 19.2. The Morgan fingerprint density at radius 1 is 1.26 bits per heavy atom. The number of carbonyl (C=O) groups is 1. The predicted octanol–water partition coefficient (Wildman–Crippen LogP) is 3.41. The Kier molecular flexibility index (Phi) is 6.03. The normalized spacial score (nSPS) is 16.8. The van der Waals surface area contributed by atoms with Gasteiger partial charge in [0, 0.05) is 30.4 Å². The summed E-state index contributed by atoms with van der Waals surface area (Å²) in [5.41, 5.74) is 1.37. The first-order valence-corrected chi connectivity index (χ1v) is 9.13. The molecule has 1 saturated heterocycles. The number of anilines is 2. The van der Waals surface area contributed by atoms with E-state index >= 15 is 0 Å². The number of likely N-dealkylation sites (tertiary alicyclic amines) is 1. The van der Waals surface area contributed by atoms with Crippen molar-refractivity contribution in [2.45, 2.75) is 12.8 Å². The van der Waals surface area contributed by atoms with Gasteiger partial charge in [0.15, 0.2) is 0 Å². The van der Waals surface area contributed by atoms with E-state index in [2.05, 4.69) is 10.6 Å². The van der Waals surface area contributed by atoms with Crippen LogP contribution >= 0.6 is 0 Å². The lowest BCUT2D eigenvalue weighted by atomic mass is 9.97. The molecule has 0 bridgehead atoms. The summed E-state index contributed by atoms with van der Waals surface area (Å²) < 4.78 is 0. The molecule has 0 saturated carbocycles. The number of nitro benzene ring substituents is 1. The van der Waals surface area contributed by atoms with Gasteiger partial charge in [0.1, 0.15) is 5.69 Å². The van der Waals surface area contributed by atoms with Gasteiger partial charge in [0.05, 0.1) is 4.92 Å². The molecule has 0 spiro atoms. The lowest BCUT2D eigenvalue weighted by molar-refractivity contribution is -0.383. The first-order valence-electron chi connectivity index (χ1n) is 9.13. The molecule has 1 unspecified atom stereocenters. The van der Waals surface area contributed by atoms with E-state index in [-0.39, 0.29) is 11.6 Å². The summed E-state index contributed by atoms with van der Waals surface area (Å²) in [5, 5.41) is 17.7. The molecule has 142 valence electrons. The summed E-state index contributed by atoms with van der Waals surface area (Å²) in [6.45, 7) is 2.23. The first kappa shape index (κ1) is 18.8. The summed E-state index contributed by atoms with van der Waals surface area (Å²) in [6, 6.07) is 13.9. The van der Waals surface area contributed by atoms with Crippen molar-refractivity contribution in [2.24, 2.45) is 5.92 Å². The third kappa shape index (κ3) is 4.62. The van der Waals surface area contributed by atoms with Crippen molar-refractivity contribution < 1.29 is 9.72 Å². The molecular weight excluding hydrogens is 344 g/mol. The molecule has 1 aliphatic rings. The molecule has 27 heavy (non-hydrogen) atoms. The molecule has 7 heteroatoms. The molecule has 2 aromatic rings. The number of nitrogens with one attached hydrogen (secondary N) is 2. The van der Waals surface area contributed by atoms with Crippen LogP contribution in [0.3, 0.4) is 0 Å². The summed E-state index contributed by atoms with van der Waals surface area (Å²) in [6.07, 6.45) is 2.04. The largest absolute Gasteiger partial charge is 0.350 e. The maximum absolute atomic E-state index is 12.9. The number of benzene rings is 2. The van der Waals surface area contributed by atoms with Gasteiger partial charge in [-0.1, -0.05) is 18.2 Å². The fourth-order valence-corrected chi connectivity index (χ4v) is 3.49. The van der Waals surface area contributed by atoms with Crippen LogP contribution in [-0.2, 0) is 0 Å². The maximum atomic E-state index is 12.9. The van der Waals surface area contributed by atoms with Crippen LogP contribution in [0.4, 0.5) is 17.1 Å². The van der Waals surface area contributed by atoms with Crippen LogP contribution in [0.25, 0.3) is 0 Å². The molecule has 0 aromatic heterocycles. The van der Waals surface area contributed by atoms with Crippen molar-refractivity contribution in [3.63, 3.8) is 0 Å². The highest BCUT2D eigenvalue weighted by molar-refractivity contribution is 5.96. The van der Waals surface area contributed by atoms with Crippen LogP contribution in [-0.4, -0.2) is 42.4 Å². The molecule has 1 atom stereocenters. The zero-order valence-corrected chi connectivity index (χ0v) is 15.4. The van der Waals surface area contributed by atoms with Crippen LogP contribution in [0, 0.1) is 16.0 Å². The molecule has 1 amide bonds. The standard InChI is InChI=1S/C20H24N4O3/c1-21-13-15-6-5-11-23(14-15)20(25)16-9-10-18(19(12-16)24(26)27)22-17-7-3-2-4-8-17/h2-4,7-10,12,15,21-22H,5-6,11,13-14H2,1H3. The second-order valence-corrected chi connectivity index (χ2v) is 6.80. The average molecular weight is 368 g/mol. The van der Waals surface area contributed by atoms with Crippen molar-refractivity contribution in [1.82, 2.24) is 10.2 Å². The van der Waals surface area contributed by atoms with E-state index in [9.17, 15) is 14.9 Å². The van der Waals surface area contributed by atoms with Crippen molar-refractivity contribution in [2.75, 3.05) is 32.0 Å². The Balaban J connectivity index is 1.81. The predicted molar refractivity (Wildman–Crippen MR) is 105 cm³/mol. The Morgan fingerprint density at radius 3 is 2.74 bits per heavy atom. The zero-order valence-electron chi connectivity index (χ0n) is 15.4. The minimum atomic E-state index is -0.456. The van der Waals surface area contributed by atoms with Crippen LogP contribution in [0.2, 0.25) is 0 Å². The molecule has 0 radical (unpaired) electrons. The minimum absolute atomic E-state index is 0.103. The molecular formula is C20H24N4O3. The number of hydrogen-bond donors (Lipinski definition) is 2. The van der Waals surface area contributed by atoms with Gasteiger partial charge in [-0.3, -0.25) is 14.9 Å². The van der Waals surface area contributed by atoms with Crippen LogP contribution in [0.5, 0.6) is 0 Å². The Hall–Kier alpha value is -2.93. The van der Waals surface area contributed by atoms with Gasteiger partial charge in [0.2, 0.25) is 0 Å². The molecule has 2 aromatic carbocycles. The number of carbonyl (C=O) groups excluding carboxylic acids is 1. The molecule has 3 rings (SSSR count). The highest BCUT2D eigenvalue weighted by atomic mass is 16.6. The minimum Gasteiger partial charge on any atom is -0.350 e. The molecule has 1 heterocycles. The molecule has 7 nitrogen and oxygen atoms in total. The van der Waals surface area contributed by atoms with E-state index < -0.39 is 4.92 Å². The van der Waals surface area contributed by atoms with Gasteiger partial charge in [-0.25, -0.2) is 0 Å². The second-order valence-electron chi connectivity index (χ2n) is 6.80. The van der Waals surface area contributed by atoms with Crippen LogP contribution in [0.1, 0.15) is 23.2 Å². The fourth-order valence-electron chi connectivity index (χ4n) is 3.49. The van der Waals surface area contributed by atoms with E-state index in [4.69, 9.17) is 0 Å². The van der Waals surface area contributed by atoms with Crippen LogP contribution in [0.15, 0.2) is 48.5 Å². The second kappa shape index (κ2) is 8.64. The Bertz CT molecular complexity index is 808. The third-order valence-corrected chi connectivity index (χ3v) is 4.79. The van der Waals surface area contributed by atoms with E-state index in [1.54, 1.807) is 17.0 Å². The number of hydrogen-bond acceptors (Lipinski definition) is 5. The molecule has 1 fully saturated rings. The number of nitro groups is 1. The molecule has 1 aliphatic heterocycles. The van der Waals surface area contributed by atoms with Crippen molar-refractivity contribution >= 4 is 23.0 Å². The van der Waals surface area contributed by atoms with Gasteiger partial charge in [0.25, 0.3) is 11.6 Å². The quantitative estimate of drug-likeness (QED) is 0.603. The van der Waals surface area contributed by atoms with Crippen molar-refractivity contribution in [1.29, 1.82) is 0 Å². The monoisotopic (exact) mass is 368 g/mol. The summed E-state index contributed by atoms with van der Waals surface area (Å²) in [5.74, 6) is 0.270. The van der Waals surface area contributed by atoms with Gasteiger partial charge in [-0.15, -0.1) is 0 Å². The smallest absolute Gasteiger partial charge is 0.293 e. The first-order chi connectivity index (χ1) is 13.1. The maximum Gasteiger partial charge on any atom is 0.293 e. The van der Waals surface area contributed by atoms with Gasteiger partial charge >= 0.3 is 0 Å². The van der Waals surface area contributed by atoms with Gasteiger partial charge in [-0.2, -0.15) is 0 Å². The fraction of sp³-hybridized carbons (Fsp3) is 0.350. The number of para-hydroxylation sites is 1. The number of rotatable bonds is 6. The Labute approximate surface area is 158 Å². The molecule has 0 aliphatic carbocycles. The van der Waals surface area contributed by atoms with Gasteiger partial charge in [-0.05, 0) is 56.6 Å². The van der Waals surface area contributed by atoms with Crippen LogP contribution < -0.4 is 10.6 Å².